The van der Waals surface area contributed by atoms with Gasteiger partial charge in [-0.1, -0.05) is 32.1 Å². The summed E-state index contributed by atoms with van der Waals surface area (Å²) in [5.41, 5.74) is 0. The van der Waals surface area contributed by atoms with Crippen LogP contribution in [0.4, 0.5) is 0 Å². The zero-order valence-corrected chi connectivity index (χ0v) is 10.5. The molecule has 1 atom stereocenters. The molecule has 0 spiro atoms. The highest BCUT2D eigenvalue weighted by atomic mass is 127. The van der Waals surface area contributed by atoms with Gasteiger partial charge in [0.2, 0.25) is 0 Å². The molecule has 1 aliphatic carbocycles. The van der Waals surface area contributed by atoms with E-state index in [1.807, 2.05) is 29.9 Å². The third kappa shape index (κ3) is 5.18. The van der Waals surface area contributed by atoms with Crippen LogP contribution in [0.1, 0.15) is 45.4 Å². The number of halogens is 1. The predicted molar refractivity (Wildman–Crippen MR) is 61.7 cm³/mol. The number of ether oxygens (including phenoxy) is 1. The molecule has 1 aliphatic rings. The van der Waals surface area contributed by atoms with Crippen molar-refractivity contribution in [1.82, 2.24) is 0 Å². The average molecular weight is 298 g/mol. The largest absolute Gasteiger partial charge is 0.352 e. The van der Waals surface area contributed by atoms with Crippen molar-refractivity contribution in [3.63, 3.8) is 0 Å². The molecule has 0 aromatic carbocycles. The van der Waals surface area contributed by atoms with Crippen molar-refractivity contribution in [2.24, 2.45) is 5.92 Å². The Morgan fingerprint density at radius 2 is 2.00 bits per heavy atom. The van der Waals surface area contributed by atoms with Crippen LogP contribution < -0.4 is 0 Å². The van der Waals surface area contributed by atoms with E-state index in [1.54, 1.807) is 0 Å². The van der Waals surface area contributed by atoms with Crippen molar-refractivity contribution in [3.8, 4) is 0 Å². The van der Waals surface area contributed by atoms with Crippen LogP contribution in [-0.4, -0.2) is 12.9 Å². The highest BCUT2D eigenvalue weighted by Gasteiger charge is 2.13. The van der Waals surface area contributed by atoms with Gasteiger partial charge in [0.15, 0.2) is 6.29 Å². The van der Waals surface area contributed by atoms with E-state index in [0.717, 1.165) is 12.5 Å². The van der Waals surface area contributed by atoms with Crippen LogP contribution >= 0.6 is 23.0 Å². The van der Waals surface area contributed by atoms with Gasteiger partial charge in [-0.3, -0.25) is 3.07 Å². The van der Waals surface area contributed by atoms with Gasteiger partial charge in [0.05, 0.1) is 6.61 Å². The molecule has 0 bridgehead atoms. The van der Waals surface area contributed by atoms with Gasteiger partial charge in [-0.25, -0.2) is 0 Å². The Labute approximate surface area is 95.1 Å². The van der Waals surface area contributed by atoms with Crippen molar-refractivity contribution < 1.29 is 7.80 Å². The topological polar surface area (TPSA) is 18.5 Å². The highest BCUT2D eigenvalue weighted by Crippen LogP contribution is 2.26. The average Bonchev–Trinajstić information content (AvgIpc) is 2.19. The van der Waals surface area contributed by atoms with Crippen molar-refractivity contribution in [2.45, 2.75) is 51.7 Å². The number of rotatable bonds is 5. The lowest BCUT2D eigenvalue weighted by atomic mass is 9.87. The first-order valence-electron chi connectivity index (χ1n) is 5.22. The maximum absolute atomic E-state index is 5.46. The van der Waals surface area contributed by atoms with Crippen molar-refractivity contribution in [3.05, 3.63) is 0 Å². The molecule has 0 aromatic heterocycles. The Hall–Kier alpha value is 0.650. The zero-order chi connectivity index (χ0) is 9.52. The molecule has 0 N–H and O–H groups in total. The van der Waals surface area contributed by atoms with E-state index in [-0.39, 0.29) is 6.29 Å². The third-order valence-corrected chi connectivity index (χ3v) is 3.44. The van der Waals surface area contributed by atoms with Crippen LogP contribution in [0, 0.1) is 5.92 Å². The maximum Gasteiger partial charge on any atom is 0.166 e. The van der Waals surface area contributed by atoms with Crippen molar-refractivity contribution in [1.29, 1.82) is 0 Å². The summed E-state index contributed by atoms with van der Waals surface area (Å²) in [6.07, 6.45) is 8.25. The van der Waals surface area contributed by atoms with Gasteiger partial charge in [-0.15, -0.1) is 0 Å². The lowest BCUT2D eigenvalue weighted by molar-refractivity contribution is -0.0469. The fourth-order valence-electron chi connectivity index (χ4n) is 1.90. The molecule has 0 heterocycles. The Kier molecular flexibility index (Phi) is 6.32. The first-order chi connectivity index (χ1) is 6.33. The van der Waals surface area contributed by atoms with Crippen LogP contribution in [0.25, 0.3) is 0 Å². The Morgan fingerprint density at radius 1 is 1.31 bits per heavy atom. The van der Waals surface area contributed by atoms with E-state index < -0.39 is 0 Å². The van der Waals surface area contributed by atoms with Crippen molar-refractivity contribution >= 4 is 23.0 Å². The molecule has 1 saturated carbocycles. The van der Waals surface area contributed by atoms with Gasteiger partial charge >= 0.3 is 0 Å². The Balaban J connectivity index is 1.98. The molecule has 2 nitrogen and oxygen atoms in total. The van der Waals surface area contributed by atoms with Crippen LogP contribution in [0.15, 0.2) is 0 Å². The molecule has 1 fully saturated rings. The minimum Gasteiger partial charge on any atom is -0.352 e. The van der Waals surface area contributed by atoms with E-state index in [1.165, 1.54) is 38.5 Å². The van der Waals surface area contributed by atoms with Crippen molar-refractivity contribution in [2.75, 3.05) is 6.61 Å². The minimum absolute atomic E-state index is 0.0517. The summed E-state index contributed by atoms with van der Waals surface area (Å²) in [6, 6.07) is 0. The van der Waals surface area contributed by atoms with Crippen LogP contribution in [0.3, 0.4) is 0 Å². The molecule has 78 valence electrons. The lowest BCUT2D eigenvalue weighted by Gasteiger charge is -2.21. The predicted octanol–water partition coefficient (Wildman–Crippen LogP) is 3.69. The second-order valence-corrected chi connectivity index (χ2v) is 4.33. The second kappa shape index (κ2) is 7.01. The monoisotopic (exact) mass is 298 g/mol. The fourth-order valence-corrected chi connectivity index (χ4v) is 2.05. The van der Waals surface area contributed by atoms with Gasteiger partial charge in [-0.2, -0.15) is 0 Å². The molecule has 0 aliphatic heterocycles. The molecular weight excluding hydrogens is 279 g/mol. The van der Waals surface area contributed by atoms with Crippen LogP contribution in [0.2, 0.25) is 0 Å². The molecule has 0 amide bonds. The molecule has 0 aromatic rings. The van der Waals surface area contributed by atoms with Gasteiger partial charge < -0.3 is 4.74 Å². The summed E-state index contributed by atoms with van der Waals surface area (Å²) >= 11 is 1.88. The summed E-state index contributed by atoms with van der Waals surface area (Å²) in [6.45, 7) is 2.79. The summed E-state index contributed by atoms with van der Waals surface area (Å²) < 4.78 is 10.5. The standard InChI is InChI=1S/C10H19IO2/c1-9(13-11)12-8-7-10-5-3-2-4-6-10/h9-10H,2-8H2,1H3. The van der Waals surface area contributed by atoms with E-state index in [9.17, 15) is 0 Å². The summed E-state index contributed by atoms with van der Waals surface area (Å²) in [7, 11) is 0. The number of hydrogen-bond donors (Lipinski definition) is 0. The third-order valence-electron chi connectivity index (χ3n) is 2.73. The van der Waals surface area contributed by atoms with Crippen LogP contribution in [0.5, 0.6) is 0 Å². The molecule has 0 radical (unpaired) electrons. The van der Waals surface area contributed by atoms with E-state index in [4.69, 9.17) is 7.80 Å². The fraction of sp³-hybridized carbons (Fsp3) is 1.00. The first kappa shape index (κ1) is 11.7. The molecule has 0 saturated heterocycles. The zero-order valence-electron chi connectivity index (χ0n) is 8.30. The molecule has 1 rings (SSSR count). The Bertz CT molecular complexity index is 124. The first-order valence-corrected chi connectivity index (χ1v) is 6.10. The molecule has 1 unspecified atom stereocenters. The molecule has 13 heavy (non-hydrogen) atoms. The molecular formula is C10H19IO2. The van der Waals surface area contributed by atoms with Crippen LogP contribution in [-0.2, 0) is 7.80 Å². The normalized spacial score (nSPS) is 21.7. The molecule has 3 heteroatoms. The van der Waals surface area contributed by atoms with Gasteiger partial charge in [0.1, 0.15) is 23.0 Å². The Morgan fingerprint density at radius 3 is 2.62 bits per heavy atom. The minimum atomic E-state index is -0.0517. The maximum atomic E-state index is 5.46. The van der Waals surface area contributed by atoms with E-state index in [2.05, 4.69) is 0 Å². The quantitative estimate of drug-likeness (QED) is 0.569. The lowest BCUT2D eigenvalue weighted by Crippen LogP contribution is -2.13. The van der Waals surface area contributed by atoms with Gasteiger partial charge in [-0.05, 0) is 19.3 Å². The van der Waals surface area contributed by atoms with Gasteiger partial charge in [0.25, 0.3) is 0 Å². The second-order valence-electron chi connectivity index (χ2n) is 3.82. The smallest absolute Gasteiger partial charge is 0.166 e. The summed E-state index contributed by atoms with van der Waals surface area (Å²) in [5, 5.41) is 0. The van der Waals surface area contributed by atoms with E-state index in [0.29, 0.717) is 0 Å². The summed E-state index contributed by atoms with van der Waals surface area (Å²) in [4.78, 5) is 0. The highest BCUT2D eigenvalue weighted by molar-refractivity contribution is 14.1. The SMILES string of the molecule is CC(OI)OCCC1CCCCC1. The van der Waals surface area contributed by atoms with Gasteiger partial charge in [0, 0.05) is 0 Å². The summed E-state index contributed by atoms with van der Waals surface area (Å²) in [5.74, 6) is 0.912. The number of hydrogen-bond acceptors (Lipinski definition) is 2. The van der Waals surface area contributed by atoms with E-state index >= 15 is 0 Å².